The molecule has 0 bridgehead atoms. The summed E-state index contributed by atoms with van der Waals surface area (Å²) in [5.74, 6) is 0.967. The van der Waals surface area contributed by atoms with Crippen LogP contribution in [0, 0.1) is 0 Å². The summed E-state index contributed by atoms with van der Waals surface area (Å²) < 4.78 is 20.8. The van der Waals surface area contributed by atoms with Gasteiger partial charge < -0.3 is 18.9 Å². The van der Waals surface area contributed by atoms with Gasteiger partial charge in [0.15, 0.2) is 11.5 Å². The molecule has 0 atom stereocenters. The van der Waals surface area contributed by atoms with Crippen LogP contribution in [0.3, 0.4) is 0 Å². The maximum absolute atomic E-state index is 11.5. The molecule has 0 fully saturated rings. The molecule has 18 heavy (non-hydrogen) atoms. The van der Waals surface area contributed by atoms with Crippen molar-refractivity contribution in [2.45, 2.75) is 13.8 Å². The van der Waals surface area contributed by atoms with E-state index in [1.165, 1.54) is 14.2 Å². The Morgan fingerprint density at radius 1 is 1.06 bits per heavy atom. The van der Waals surface area contributed by atoms with Crippen LogP contribution < -0.4 is 14.2 Å². The molecule has 5 heteroatoms. The lowest BCUT2D eigenvalue weighted by atomic mass is 10.2. The van der Waals surface area contributed by atoms with Gasteiger partial charge in [0.25, 0.3) is 0 Å². The standard InChI is InChI=1S/C13H18O5/c1-5-17-11-8-9(13(14)16-4)7-10(15-3)12(11)18-6-2/h7-8H,5-6H2,1-4H3. The van der Waals surface area contributed by atoms with Gasteiger partial charge in [-0.05, 0) is 26.0 Å². The van der Waals surface area contributed by atoms with Crippen molar-refractivity contribution in [1.82, 2.24) is 0 Å². The van der Waals surface area contributed by atoms with Gasteiger partial charge in [-0.2, -0.15) is 0 Å². The zero-order valence-corrected chi connectivity index (χ0v) is 11.1. The summed E-state index contributed by atoms with van der Waals surface area (Å²) in [6, 6.07) is 3.15. The Morgan fingerprint density at radius 3 is 2.17 bits per heavy atom. The highest BCUT2D eigenvalue weighted by Gasteiger charge is 2.17. The second-order valence-electron chi connectivity index (χ2n) is 3.36. The highest BCUT2D eigenvalue weighted by molar-refractivity contribution is 5.91. The maximum Gasteiger partial charge on any atom is 0.338 e. The third-order valence-electron chi connectivity index (χ3n) is 2.25. The second kappa shape index (κ2) is 6.74. The number of ether oxygens (including phenoxy) is 4. The molecule has 0 aromatic heterocycles. The smallest absolute Gasteiger partial charge is 0.338 e. The van der Waals surface area contributed by atoms with Crippen LogP contribution in [-0.2, 0) is 4.74 Å². The summed E-state index contributed by atoms with van der Waals surface area (Å²) in [5, 5.41) is 0. The first-order valence-corrected chi connectivity index (χ1v) is 5.73. The Morgan fingerprint density at radius 2 is 1.67 bits per heavy atom. The van der Waals surface area contributed by atoms with Crippen molar-refractivity contribution >= 4 is 5.97 Å². The monoisotopic (exact) mass is 254 g/mol. The van der Waals surface area contributed by atoms with E-state index in [4.69, 9.17) is 14.2 Å². The van der Waals surface area contributed by atoms with E-state index in [9.17, 15) is 4.79 Å². The molecule has 0 aliphatic carbocycles. The molecule has 0 N–H and O–H groups in total. The van der Waals surface area contributed by atoms with Crippen molar-refractivity contribution in [3.8, 4) is 17.2 Å². The van der Waals surface area contributed by atoms with Crippen LogP contribution in [0.5, 0.6) is 17.2 Å². The van der Waals surface area contributed by atoms with Crippen molar-refractivity contribution in [2.75, 3.05) is 27.4 Å². The number of carbonyl (C=O) groups is 1. The molecular weight excluding hydrogens is 236 g/mol. The zero-order valence-electron chi connectivity index (χ0n) is 11.1. The van der Waals surface area contributed by atoms with Crippen LogP contribution in [0.15, 0.2) is 12.1 Å². The lowest BCUT2D eigenvalue weighted by Gasteiger charge is -2.15. The maximum atomic E-state index is 11.5. The molecule has 0 spiro atoms. The first-order valence-electron chi connectivity index (χ1n) is 5.73. The summed E-state index contributed by atoms with van der Waals surface area (Å²) >= 11 is 0. The van der Waals surface area contributed by atoms with E-state index in [2.05, 4.69) is 4.74 Å². The van der Waals surface area contributed by atoms with Crippen molar-refractivity contribution in [3.63, 3.8) is 0 Å². The molecule has 0 heterocycles. The fourth-order valence-electron chi connectivity index (χ4n) is 1.51. The van der Waals surface area contributed by atoms with Crippen molar-refractivity contribution in [1.29, 1.82) is 0 Å². The van der Waals surface area contributed by atoms with E-state index >= 15 is 0 Å². The summed E-state index contributed by atoms with van der Waals surface area (Å²) in [5.41, 5.74) is 0.362. The fraction of sp³-hybridized carbons (Fsp3) is 0.462. The van der Waals surface area contributed by atoms with E-state index in [-0.39, 0.29) is 0 Å². The lowest BCUT2D eigenvalue weighted by Crippen LogP contribution is -2.06. The highest BCUT2D eigenvalue weighted by atomic mass is 16.5. The largest absolute Gasteiger partial charge is 0.493 e. The van der Waals surface area contributed by atoms with Gasteiger partial charge in [-0.1, -0.05) is 0 Å². The van der Waals surface area contributed by atoms with Gasteiger partial charge in [-0.3, -0.25) is 0 Å². The number of rotatable bonds is 6. The van der Waals surface area contributed by atoms with Crippen molar-refractivity contribution in [3.05, 3.63) is 17.7 Å². The predicted octanol–water partition coefficient (Wildman–Crippen LogP) is 2.28. The van der Waals surface area contributed by atoms with Gasteiger partial charge >= 0.3 is 5.97 Å². The van der Waals surface area contributed by atoms with E-state index in [0.717, 1.165) is 0 Å². The molecule has 100 valence electrons. The van der Waals surface area contributed by atoms with Gasteiger partial charge in [-0.15, -0.1) is 0 Å². The van der Waals surface area contributed by atoms with Gasteiger partial charge in [0.2, 0.25) is 5.75 Å². The van der Waals surface area contributed by atoms with E-state index in [1.54, 1.807) is 12.1 Å². The molecule has 0 saturated carbocycles. The van der Waals surface area contributed by atoms with Gasteiger partial charge in [0.05, 0.1) is 33.0 Å². The van der Waals surface area contributed by atoms with Gasteiger partial charge in [0, 0.05) is 0 Å². The van der Waals surface area contributed by atoms with Gasteiger partial charge in [-0.25, -0.2) is 4.79 Å². The fourth-order valence-corrected chi connectivity index (χ4v) is 1.51. The minimum absolute atomic E-state index is 0.362. The molecule has 0 unspecified atom stereocenters. The minimum atomic E-state index is -0.447. The Bertz CT molecular complexity index is 414. The first-order chi connectivity index (χ1) is 8.67. The lowest BCUT2D eigenvalue weighted by molar-refractivity contribution is 0.0599. The number of esters is 1. The van der Waals surface area contributed by atoms with Crippen LogP contribution >= 0.6 is 0 Å². The van der Waals surface area contributed by atoms with Crippen LogP contribution in [0.2, 0.25) is 0 Å². The molecule has 0 radical (unpaired) electrons. The predicted molar refractivity (Wildman–Crippen MR) is 66.7 cm³/mol. The summed E-state index contributed by atoms with van der Waals surface area (Å²) in [7, 11) is 2.83. The van der Waals surface area contributed by atoms with Crippen molar-refractivity contribution < 1.29 is 23.7 Å². The first kappa shape index (κ1) is 14.2. The Labute approximate surface area is 107 Å². The van der Waals surface area contributed by atoms with Gasteiger partial charge in [0.1, 0.15) is 0 Å². The molecule has 0 amide bonds. The topological polar surface area (TPSA) is 54.0 Å². The van der Waals surface area contributed by atoms with E-state index in [0.29, 0.717) is 36.0 Å². The van der Waals surface area contributed by atoms with Crippen LogP contribution in [0.1, 0.15) is 24.2 Å². The molecule has 1 rings (SSSR count). The number of carbonyl (C=O) groups excluding carboxylic acids is 1. The van der Waals surface area contributed by atoms with Crippen molar-refractivity contribution in [2.24, 2.45) is 0 Å². The molecule has 0 aliphatic rings. The zero-order chi connectivity index (χ0) is 13.5. The normalized spacial score (nSPS) is 9.78. The van der Waals surface area contributed by atoms with E-state index in [1.807, 2.05) is 13.8 Å². The molecular formula is C13H18O5. The summed E-state index contributed by atoms with van der Waals surface area (Å²) in [6.07, 6.45) is 0. The SMILES string of the molecule is CCOc1cc(C(=O)OC)cc(OC)c1OCC. The average molecular weight is 254 g/mol. The quantitative estimate of drug-likeness (QED) is 0.729. The van der Waals surface area contributed by atoms with E-state index < -0.39 is 5.97 Å². The average Bonchev–Trinajstić information content (AvgIpc) is 2.39. The highest BCUT2D eigenvalue weighted by Crippen LogP contribution is 2.38. The molecule has 0 saturated heterocycles. The summed E-state index contributed by atoms with van der Waals surface area (Å²) in [4.78, 5) is 11.5. The third-order valence-corrected chi connectivity index (χ3v) is 2.25. The number of benzene rings is 1. The Hall–Kier alpha value is -1.91. The second-order valence-corrected chi connectivity index (χ2v) is 3.36. The minimum Gasteiger partial charge on any atom is -0.493 e. The van der Waals surface area contributed by atoms with Crippen LogP contribution in [0.25, 0.3) is 0 Å². The number of hydrogen-bond acceptors (Lipinski definition) is 5. The Balaban J connectivity index is 3.28. The van der Waals surface area contributed by atoms with Crippen LogP contribution in [0.4, 0.5) is 0 Å². The molecule has 0 aliphatic heterocycles. The third kappa shape index (κ3) is 3.06. The van der Waals surface area contributed by atoms with Crippen LogP contribution in [-0.4, -0.2) is 33.4 Å². The molecule has 1 aromatic rings. The molecule has 5 nitrogen and oxygen atoms in total. The molecule has 1 aromatic carbocycles. The Kier molecular flexibility index (Phi) is 5.30. The number of methoxy groups -OCH3 is 2. The summed E-state index contributed by atoms with van der Waals surface area (Å²) in [6.45, 7) is 4.66. The number of hydrogen-bond donors (Lipinski definition) is 0.